The summed E-state index contributed by atoms with van der Waals surface area (Å²) in [5.41, 5.74) is 6.28. The Labute approximate surface area is 216 Å². The lowest BCUT2D eigenvalue weighted by molar-refractivity contribution is -0.116. The molecule has 2 aliphatic rings. The van der Waals surface area contributed by atoms with E-state index in [0.29, 0.717) is 17.9 Å². The topological polar surface area (TPSA) is 56.8 Å². The first kappa shape index (κ1) is 23.2. The molecule has 0 saturated carbocycles. The second-order valence-corrected chi connectivity index (χ2v) is 9.59. The van der Waals surface area contributed by atoms with Crippen LogP contribution in [0.5, 0.6) is 17.2 Å². The average molecular weight is 492 g/mol. The third-order valence-electron chi connectivity index (χ3n) is 7.66. The largest absolute Gasteiger partial charge is 0.497 e. The number of anilines is 1. The number of ether oxygens (including phenoxy) is 3. The molecule has 0 bridgehead atoms. The van der Waals surface area contributed by atoms with E-state index in [0.717, 1.165) is 51.1 Å². The van der Waals surface area contributed by atoms with E-state index in [1.54, 1.807) is 21.3 Å². The smallest absolute Gasteiger partial charge is 0.162 e. The highest BCUT2D eigenvalue weighted by molar-refractivity contribution is 6.13. The van der Waals surface area contributed by atoms with Crippen molar-refractivity contribution in [1.29, 1.82) is 0 Å². The molecule has 37 heavy (non-hydrogen) atoms. The highest BCUT2D eigenvalue weighted by atomic mass is 16.5. The molecule has 0 fully saturated rings. The number of ketones is 1. The number of nitrogens with one attached hydrogen (secondary N) is 1. The Morgan fingerprint density at radius 3 is 2.27 bits per heavy atom. The lowest BCUT2D eigenvalue weighted by atomic mass is 9.71. The molecular weight excluding hydrogens is 462 g/mol. The van der Waals surface area contributed by atoms with Crippen LogP contribution >= 0.6 is 0 Å². The van der Waals surface area contributed by atoms with Crippen LogP contribution in [0.15, 0.2) is 84.4 Å². The van der Waals surface area contributed by atoms with Gasteiger partial charge in [-0.1, -0.05) is 48.5 Å². The molecule has 4 aromatic rings. The maximum absolute atomic E-state index is 14.0. The van der Waals surface area contributed by atoms with E-state index in [4.69, 9.17) is 14.2 Å². The van der Waals surface area contributed by atoms with Gasteiger partial charge in [0.2, 0.25) is 0 Å². The fourth-order valence-electron chi connectivity index (χ4n) is 5.84. The predicted molar refractivity (Wildman–Crippen MR) is 147 cm³/mol. The van der Waals surface area contributed by atoms with E-state index in [-0.39, 0.29) is 17.7 Å². The van der Waals surface area contributed by atoms with Crippen molar-refractivity contribution in [2.75, 3.05) is 26.6 Å². The summed E-state index contributed by atoms with van der Waals surface area (Å²) in [5, 5.41) is 6.03. The van der Waals surface area contributed by atoms with Crippen LogP contribution in [0.25, 0.3) is 16.3 Å². The molecule has 0 spiro atoms. The number of rotatable bonds is 5. The normalized spacial score (nSPS) is 18.6. The first-order chi connectivity index (χ1) is 18.1. The summed E-state index contributed by atoms with van der Waals surface area (Å²) in [6.07, 6.45) is 1.26. The van der Waals surface area contributed by atoms with Crippen molar-refractivity contribution in [3.63, 3.8) is 0 Å². The van der Waals surface area contributed by atoms with Crippen LogP contribution in [0.1, 0.15) is 41.5 Å². The fourth-order valence-corrected chi connectivity index (χ4v) is 5.84. The van der Waals surface area contributed by atoms with Gasteiger partial charge in [-0.3, -0.25) is 4.79 Å². The Morgan fingerprint density at radius 1 is 0.757 bits per heavy atom. The maximum atomic E-state index is 14.0. The zero-order valence-corrected chi connectivity index (χ0v) is 21.2. The van der Waals surface area contributed by atoms with E-state index in [9.17, 15) is 4.79 Å². The maximum Gasteiger partial charge on any atom is 0.162 e. The molecule has 186 valence electrons. The summed E-state index contributed by atoms with van der Waals surface area (Å²) in [6.45, 7) is 0. The van der Waals surface area contributed by atoms with Crippen molar-refractivity contribution in [2.24, 2.45) is 0 Å². The summed E-state index contributed by atoms with van der Waals surface area (Å²) in [4.78, 5) is 14.0. The Kier molecular flexibility index (Phi) is 5.84. The molecule has 4 aromatic carbocycles. The molecule has 5 nitrogen and oxygen atoms in total. The van der Waals surface area contributed by atoms with Crippen molar-refractivity contribution in [1.82, 2.24) is 0 Å². The summed E-state index contributed by atoms with van der Waals surface area (Å²) in [6, 6.07) is 26.4. The number of fused-ring (bicyclic) bond motifs is 4. The van der Waals surface area contributed by atoms with Crippen LogP contribution < -0.4 is 19.5 Å². The third-order valence-corrected chi connectivity index (χ3v) is 7.66. The van der Waals surface area contributed by atoms with Crippen LogP contribution in [0.3, 0.4) is 0 Å². The van der Waals surface area contributed by atoms with E-state index in [2.05, 4.69) is 53.8 Å². The Balaban J connectivity index is 1.53. The predicted octanol–water partition coefficient (Wildman–Crippen LogP) is 6.93. The van der Waals surface area contributed by atoms with Crippen molar-refractivity contribution < 1.29 is 19.0 Å². The van der Waals surface area contributed by atoms with Gasteiger partial charge in [-0.2, -0.15) is 0 Å². The van der Waals surface area contributed by atoms with E-state index in [1.165, 1.54) is 5.39 Å². The minimum atomic E-state index is -0.271. The Hall–Kier alpha value is -4.25. The highest BCUT2D eigenvalue weighted by Gasteiger charge is 2.38. The van der Waals surface area contributed by atoms with Crippen LogP contribution in [0.4, 0.5) is 5.69 Å². The van der Waals surface area contributed by atoms with Crippen LogP contribution in [-0.2, 0) is 4.79 Å². The minimum Gasteiger partial charge on any atom is -0.497 e. The summed E-state index contributed by atoms with van der Waals surface area (Å²) < 4.78 is 16.4. The van der Waals surface area contributed by atoms with Crippen molar-refractivity contribution >= 4 is 27.8 Å². The zero-order valence-electron chi connectivity index (χ0n) is 21.2. The number of hydrogen-bond donors (Lipinski definition) is 1. The van der Waals surface area contributed by atoms with Gasteiger partial charge in [-0.05, 0) is 70.1 Å². The lowest BCUT2D eigenvalue weighted by Crippen LogP contribution is -2.29. The van der Waals surface area contributed by atoms with Gasteiger partial charge in [0.15, 0.2) is 17.3 Å². The number of carbonyl (C=O) groups is 1. The standard InChI is InChI=1S/C32H29NO4/c1-35-23-12-8-19(9-13-23)22-16-25-30-24-7-5-4-6-20(24)10-14-26(30)33-32(31(25)27(34)17-22)21-11-15-28(36-2)29(18-21)37-3/h4-15,18,22,32-33H,16-17H2,1-3H3/t22-,32-/m0/s1. The second-order valence-electron chi connectivity index (χ2n) is 9.59. The monoisotopic (exact) mass is 491 g/mol. The van der Waals surface area contributed by atoms with Gasteiger partial charge < -0.3 is 19.5 Å². The second kappa shape index (κ2) is 9.32. The van der Waals surface area contributed by atoms with Gasteiger partial charge in [0, 0.05) is 23.2 Å². The van der Waals surface area contributed by atoms with Crippen LogP contribution in [0.2, 0.25) is 0 Å². The van der Waals surface area contributed by atoms with Gasteiger partial charge in [0.1, 0.15) is 5.75 Å². The van der Waals surface area contributed by atoms with Gasteiger partial charge in [-0.15, -0.1) is 0 Å². The van der Waals surface area contributed by atoms with Gasteiger partial charge in [0.05, 0.1) is 27.4 Å². The Morgan fingerprint density at radius 2 is 1.51 bits per heavy atom. The number of carbonyl (C=O) groups excluding carboxylic acids is 1. The lowest BCUT2D eigenvalue weighted by Gasteiger charge is -2.37. The van der Waals surface area contributed by atoms with E-state index < -0.39 is 0 Å². The fraction of sp³-hybridized carbons (Fsp3) is 0.219. The molecule has 0 amide bonds. The summed E-state index contributed by atoms with van der Waals surface area (Å²) in [7, 11) is 4.93. The molecule has 1 heterocycles. The molecular formula is C32H29NO4. The van der Waals surface area contributed by atoms with Gasteiger partial charge >= 0.3 is 0 Å². The molecule has 0 radical (unpaired) electrons. The highest BCUT2D eigenvalue weighted by Crippen LogP contribution is 2.51. The van der Waals surface area contributed by atoms with Crippen molar-refractivity contribution in [3.05, 3.63) is 101 Å². The molecule has 0 unspecified atom stereocenters. The zero-order chi connectivity index (χ0) is 25.5. The average Bonchev–Trinajstić information content (AvgIpc) is 2.95. The molecule has 5 heteroatoms. The van der Waals surface area contributed by atoms with E-state index in [1.807, 2.05) is 30.3 Å². The van der Waals surface area contributed by atoms with Gasteiger partial charge in [-0.25, -0.2) is 0 Å². The summed E-state index contributed by atoms with van der Waals surface area (Å²) in [5.74, 6) is 2.41. The van der Waals surface area contributed by atoms with Crippen molar-refractivity contribution in [3.8, 4) is 17.2 Å². The van der Waals surface area contributed by atoms with Crippen molar-refractivity contribution in [2.45, 2.75) is 24.8 Å². The molecule has 0 aromatic heterocycles. The minimum absolute atomic E-state index is 0.105. The SMILES string of the molecule is COc1ccc([C@@H]2CC(=O)C3=C(C2)c2c(ccc4ccccc24)N[C@H]3c2ccc(OC)c(OC)c2)cc1. The summed E-state index contributed by atoms with van der Waals surface area (Å²) >= 11 is 0. The van der Waals surface area contributed by atoms with Crippen LogP contribution in [-0.4, -0.2) is 27.1 Å². The third kappa shape index (κ3) is 3.91. The number of methoxy groups -OCH3 is 3. The molecule has 1 N–H and O–H groups in total. The molecule has 1 aliphatic heterocycles. The number of Topliss-reactive ketones (excluding diaryl/α,β-unsaturated/α-hetero) is 1. The number of benzene rings is 4. The molecule has 1 aliphatic carbocycles. The van der Waals surface area contributed by atoms with Gasteiger partial charge in [0.25, 0.3) is 0 Å². The quantitative estimate of drug-likeness (QED) is 0.328. The number of allylic oxidation sites excluding steroid dienone is 1. The molecule has 0 saturated heterocycles. The molecule has 2 atom stereocenters. The van der Waals surface area contributed by atoms with Crippen LogP contribution in [0, 0.1) is 0 Å². The Bertz CT molecular complexity index is 1540. The molecule has 6 rings (SSSR count). The first-order valence-corrected chi connectivity index (χ1v) is 12.5. The number of hydrogen-bond acceptors (Lipinski definition) is 5. The first-order valence-electron chi connectivity index (χ1n) is 12.5. The van der Waals surface area contributed by atoms with E-state index >= 15 is 0 Å².